The van der Waals surface area contributed by atoms with Crippen LogP contribution in [0.5, 0.6) is 0 Å². The molecular formula is C22H19FN3O5-. The van der Waals surface area contributed by atoms with Gasteiger partial charge in [0.05, 0.1) is 17.3 Å². The summed E-state index contributed by atoms with van der Waals surface area (Å²) in [7, 11) is 0. The summed E-state index contributed by atoms with van der Waals surface area (Å²) >= 11 is 0. The lowest BCUT2D eigenvalue weighted by Gasteiger charge is -2.25. The Hall–Kier alpha value is -3.75. The number of carboxylic acid groups (broad SMARTS) is 1. The van der Waals surface area contributed by atoms with Crippen molar-refractivity contribution in [2.24, 2.45) is 0 Å². The van der Waals surface area contributed by atoms with Crippen LogP contribution in [0.15, 0.2) is 42.5 Å². The second kappa shape index (κ2) is 8.17. The Bertz CT molecular complexity index is 1090. The minimum absolute atomic E-state index is 0.237. The smallest absolute Gasteiger partial charge is 0.256 e. The van der Waals surface area contributed by atoms with Crippen molar-refractivity contribution >= 4 is 29.4 Å². The first-order valence-corrected chi connectivity index (χ1v) is 9.85. The molecule has 2 N–H and O–H groups in total. The van der Waals surface area contributed by atoms with E-state index >= 15 is 0 Å². The Balaban J connectivity index is 1.60. The van der Waals surface area contributed by atoms with Crippen LogP contribution >= 0.6 is 0 Å². The van der Waals surface area contributed by atoms with E-state index in [-0.39, 0.29) is 18.5 Å². The van der Waals surface area contributed by atoms with E-state index in [2.05, 4.69) is 10.6 Å². The Labute approximate surface area is 177 Å². The van der Waals surface area contributed by atoms with E-state index in [9.17, 15) is 28.7 Å². The van der Waals surface area contributed by atoms with Crippen molar-refractivity contribution in [2.45, 2.75) is 31.3 Å². The van der Waals surface area contributed by atoms with Crippen molar-refractivity contribution in [3.63, 3.8) is 0 Å². The zero-order valence-electron chi connectivity index (χ0n) is 16.4. The van der Waals surface area contributed by atoms with E-state index in [0.717, 1.165) is 0 Å². The average molecular weight is 424 g/mol. The number of halogens is 1. The molecule has 1 saturated heterocycles. The third-order valence-electron chi connectivity index (χ3n) is 5.52. The van der Waals surface area contributed by atoms with Gasteiger partial charge < -0.3 is 25.4 Å². The molecule has 0 aliphatic carbocycles. The molecule has 0 radical (unpaired) electrons. The Kier molecular flexibility index (Phi) is 5.41. The second-order valence-electron chi connectivity index (χ2n) is 7.51. The summed E-state index contributed by atoms with van der Waals surface area (Å²) in [4.78, 5) is 50.0. The minimum atomic E-state index is -1.34. The number of carboxylic acids is 1. The molecule has 0 spiro atoms. The van der Waals surface area contributed by atoms with Crippen LogP contribution in [0.4, 0.5) is 10.1 Å². The number of fused-ring (bicyclic) bond motifs is 2. The lowest BCUT2D eigenvalue weighted by Crippen LogP contribution is -2.51. The van der Waals surface area contributed by atoms with Gasteiger partial charge in [-0.2, -0.15) is 0 Å². The third-order valence-corrected chi connectivity index (χ3v) is 5.52. The quantitative estimate of drug-likeness (QED) is 0.732. The number of carbonyl (C=O) groups is 4. The van der Waals surface area contributed by atoms with Crippen molar-refractivity contribution in [3.05, 3.63) is 53.8 Å². The van der Waals surface area contributed by atoms with Gasteiger partial charge in [0.1, 0.15) is 11.9 Å². The number of carbonyl (C=O) groups excluding carboxylic acids is 4. The molecule has 2 aliphatic heterocycles. The van der Waals surface area contributed by atoms with Gasteiger partial charge in [-0.3, -0.25) is 14.4 Å². The maximum atomic E-state index is 14.2. The molecule has 31 heavy (non-hydrogen) atoms. The molecule has 2 aromatic rings. The van der Waals surface area contributed by atoms with E-state index in [1.54, 1.807) is 36.4 Å². The average Bonchev–Trinajstić information content (AvgIpc) is 3.11. The standard InChI is InChI=1S/C22H20FN3O5/c23-15-4-2-1-3-13(15)12-5-6-16-14(11-12)22(31)26-10-9-17(20(26)21(30)25-16)24-18(27)7-8-19(28)29/h1-6,11,17,20H,7-10H2,(H,24,27)(H,25,30)(H,28,29)/p-1/t17-,20-/m0/s1. The number of benzene rings is 2. The Morgan fingerprint density at radius 1 is 1.13 bits per heavy atom. The zero-order chi connectivity index (χ0) is 22.1. The van der Waals surface area contributed by atoms with Crippen molar-refractivity contribution < 1.29 is 28.7 Å². The number of hydrogen-bond acceptors (Lipinski definition) is 5. The van der Waals surface area contributed by atoms with Gasteiger partial charge in [0.15, 0.2) is 0 Å². The van der Waals surface area contributed by atoms with Gasteiger partial charge in [0, 0.05) is 24.5 Å². The number of rotatable bonds is 5. The number of hydrogen-bond donors (Lipinski definition) is 2. The van der Waals surface area contributed by atoms with Gasteiger partial charge in [0.25, 0.3) is 5.91 Å². The molecule has 3 amide bonds. The van der Waals surface area contributed by atoms with Crippen LogP contribution in [-0.2, 0) is 14.4 Å². The summed E-state index contributed by atoms with van der Waals surface area (Å²) in [6, 6.07) is 9.36. The molecule has 2 heterocycles. The first kappa shape index (κ1) is 20.5. The fourth-order valence-electron chi connectivity index (χ4n) is 4.04. The summed E-state index contributed by atoms with van der Waals surface area (Å²) < 4.78 is 14.2. The topological polar surface area (TPSA) is 119 Å². The van der Waals surface area contributed by atoms with Crippen molar-refractivity contribution in [1.82, 2.24) is 10.2 Å². The maximum Gasteiger partial charge on any atom is 0.256 e. The molecule has 0 saturated carbocycles. The molecule has 160 valence electrons. The molecule has 2 atom stereocenters. The summed E-state index contributed by atoms with van der Waals surface area (Å²) in [6.45, 7) is 0.242. The van der Waals surface area contributed by atoms with Crippen molar-refractivity contribution in [1.29, 1.82) is 0 Å². The number of anilines is 1. The van der Waals surface area contributed by atoms with Crippen LogP contribution in [0.25, 0.3) is 11.1 Å². The predicted molar refractivity (Wildman–Crippen MR) is 106 cm³/mol. The first-order chi connectivity index (χ1) is 14.8. The lowest BCUT2D eigenvalue weighted by atomic mass is 10.0. The highest BCUT2D eigenvalue weighted by Crippen LogP contribution is 2.33. The van der Waals surface area contributed by atoms with E-state index in [1.807, 2.05) is 0 Å². The van der Waals surface area contributed by atoms with Crippen LogP contribution in [-0.4, -0.2) is 47.2 Å². The SMILES string of the molecule is O=C([O-])CCC(=O)N[C@H]1CCN2C(=O)c3cc(-c4ccccc4F)ccc3NC(=O)[C@H]12. The molecular weight excluding hydrogens is 405 g/mol. The normalized spacial score (nSPS) is 19.8. The van der Waals surface area contributed by atoms with Gasteiger partial charge in [-0.15, -0.1) is 0 Å². The highest BCUT2D eigenvalue weighted by atomic mass is 19.1. The number of aliphatic carboxylic acids is 1. The molecule has 8 nitrogen and oxygen atoms in total. The Morgan fingerprint density at radius 2 is 1.90 bits per heavy atom. The van der Waals surface area contributed by atoms with Gasteiger partial charge in [-0.05, 0) is 36.6 Å². The van der Waals surface area contributed by atoms with E-state index in [0.29, 0.717) is 23.2 Å². The van der Waals surface area contributed by atoms with Crippen molar-refractivity contribution in [3.8, 4) is 11.1 Å². The zero-order valence-corrected chi connectivity index (χ0v) is 16.4. The first-order valence-electron chi connectivity index (χ1n) is 9.85. The second-order valence-corrected chi connectivity index (χ2v) is 7.51. The van der Waals surface area contributed by atoms with Crippen LogP contribution < -0.4 is 15.7 Å². The fourth-order valence-corrected chi connectivity index (χ4v) is 4.04. The number of nitrogens with one attached hydrogen (secondary N) is 2. The molecule has 2 aromatic carbocycles. The molecule has 0 bridgehead atoms. The summed E-state index contributed by atoms with van der Waals surface area (Å²) in [5.41, 5.74) is 1.39. The Morgan fingerprint density at radius 3 is 2.65 bits per heavy atom. The highest BCUT2D eigenvalue weighted by Gasteiger charge is 2.45. The predicted octanol–water partition coefficient (Wildman–Crippen LogP) is 0.674. The van der Waals surface area contributed by atoms with E-state index in [4.69, 9.17) is 0 Å². The lowest BCUT2D eigenvalue weighted by molar-refractivity contribution is -0.305. The maximum absolute atomic E-state index is 14.2. The minimum Gasteiger partial charge on any atom is -0.550 e. The van der Waals surface area contributed by atoms with Crippen LogP contribution in [0.1, 0.15) is 29.6 Å². The van der Waals surface area contributed by atoms with Crippen LogP contribution in [0, 0.1) is 5.82 Å². The fraction of sp³-hybridized carbons (Fsp3) is 0.273. The molecule has 0 unspecified atom stereocenters. The van der Waals surface area contributed by atoms with Gasteiger partial charge >= 0.3 is 0 Å². The van der Waals surface area contributed by atoms with Crippen LogP contribution in [0.3, 0.4) is 0 Å². The highest BCUT2D eigenvalue weighted by molar-refractivity contribution is 6.11. The van der Waals surface area contributed by atoms with Crippen LogP contribution in [0.2, 0.25) is 0 Å². The largest absolute Gasteiger partial charge is 0.550 e. The monoisotopic (exact) mass is 424 g/mol. The number of nitrogens with zero attached hydrogens (tertiary/aromatic N) is 1. The summed E-state index contributed by atoms with van der Waals surface area (Å²) in [5, 5.41) is 15.9. The third kappa shape index (κ3) is 3.98. The molecule has 1 fully saturated rings. The van der Waals surface area contributed by atoms with Crippen molar-refractivity contribution in [2.75, 3.05) is 11.9 Å². The summed E-state index contributed by atoms with van der Waals surface area (Å²) in [6.07, 6.45) is -0.348. The van der Waals surface area contributed by atoms with Gasteiger partial charge in [0.2, 0.25) is 11.8 Å². The van der Waals surface area contributed by atoms with Gasteiger partial charge in [-0.1, -0.05) is 24.3 Å². The molecule has 9 heteroatoms. The van der Waals surface area contributed by atoms with E-state index in [1.165, 1.54) is 11.0 Å². The molecule has 0 aromatic heterocycles. The molecule has 2 aliphatic rings. The van der Waals surface area contributed by atoms with E-state index < -0.39 is 48.0 Å². The van der Waals surface area contributed by atoms with Gasteiger partial charge in [-0.25, -0.2) is 4.39 Å². The number of amides is 3. The molecule has 4 rings (SSSR count). The summed E-state index contributed by atoms with van der Waals surface area (Å²) in [5.74, 6) is -3.14.